The van der Waals surface area contributed by atoms with Crippen LogP contribution in [0, 0.1) is 5.92 Å². The van der Waals surface area contributed by atoms with Gasteiger partial charge >= 0.3 is 5.97 Å². The molecular weight excluding hydrogens is 260 g/mol. The first-order chi connectivity index (χ1) is 7.99. The van der Waals surface area contributed by atoms with E-state index in [1.165, 1.54) is 18.4 Å². The van der Waals surface area contributed by atoms with Crippen LogP contribution in [0.15, 0.2) is 0 Å². The van der Waals surface area contributed by atoms with Crippen molar-refractivity contribution in [3.05, 3.63) is 10.0 Å². The highest BCUT2D eigenvalue weighted by Gasteiger charge is 2.20. The van der Waals surface area contributed by atoms with Crippen molar-refractivity contribution >= 4 is 34.0 Å². The first-order valence-electron chi connectivity index (χ1n) is 5.49. The van der Waals surface area contributed by atoms with Crippen molar-refractivity contribution in [2.24, 2.45) is 5.92 Å². The van der Waals surface area contributed by atoms with Gasteiger partial charge in [0, 0.05) is 13.1 Å². The molecule has 96 valence electrons. The number of halogens is 1. The summed E-state index contributed by atoms with van der Waals surface area (Å²) in [4.78, 5) is 18.1. The minimum absolute atomic E-state index is 0.221. The SMILES string of the molecule is CCN(CC(C)C)c1nc(Cl)c(C(=O)OC)s1. The Kier molecular flexibility index (Phi) is 5.21. The molecule has 1 rings (SSSR count). The van der Waals surface area contributed by atoms with Crippen molar-refractivity contribution < 1.29 is 9.53 Å². The van der Waals surface area contributed by atoms with Gasteiger partial charge in [-0.2, -0.15) is 0 Å². The van der Waals surface area contributed by atoms with Crippen LogP contribution in [0.25, 0.3) is 0 Å². The number of hydrogen-bond donors (Lipinski definition) is 0. The van der Waals surface area contributed by atoms with Crippen LogP contribution in [0.1, 0.15) is 30.4 Å². The lowest BCUT2D eigenvalue weighted by Gasteiger charge is -2.21. The number of rotatable bonds is 5. The summed E-state index contributed by atoms with van der Waals surface area (Å²) in [5.41, 5.74) is 0. The summed E-state index contributed by atoms with van der Waals surface area (Å²) in [5.74, 6) is 0.0959. The molecule has 0 unspecified atom stereocenters. The first-order valence-corrected chi connectivity index (χ1v) is 6.68. The van der Waals surface area contributed by atoms with Gasteiger partial charge in [-0.15, -0.1) is 0 Å². The Labute approximate surface area is 111 Å². The minimum Gasteiger partial charge on any atom is -0.465 e. The van der Waals surface area contributed by atoms with E-state index in [1.54, 1.807) is 0 Å². The predicted octanol–water partition coefficient (Wildman–Crippen LogP) is 3.07. The molecule has 0 aliphatic rings. The Morgan fingerprint density at radius 2 is 2.24 bits per heavy atom. The van der Waals surface area contributed by atoms with Crippen LogP contribution in [0.4, 0.5) is 5.13 Å². The van der Waals surface area contributed by atoms with Crippen molar-refractivity contribution in [2.45, 2.75) is 20.8 Å². The number of thiazole rings is 1. The van der Waals surface area contributed by atoms with Crippen molar-refractivity contribution in [3.63, 3.8) is 0 Å². The number of anilines is 1. The summed E-state index contributed by atoms with van der Waals surface area (Å²) in [6.07, 6.45) is 0. The summed E-state index contributed by atoms with van der Waals surface area (Å²) in [6.45, 7) is 8.05. The third-order valence-corrected chi connectivity index (χ3v) is 3.66. The van der Waals surface area contributed by atoms with Crippen LogP contribution in [-0.2, 0) is 4.74 Å². The molecule has 0 saturated carbocycles. The summed E-state index contributed by atoms with van der Waals surface area (Å²) in [7, 11) is 1.34. The number of esters is 1. The number of methoxy groups -OCH3 is 1. The van der Waals surface area contributed by atoms with Gasteiger partial charge in [0.2, 0.25) is 0 Å². The molecule has 1 heterocycles. The lowest BCUT2D eigenvalue weighted by Crippen LogP contribution is -2.26. The van der Waals surface area contributed by atoms with Gasteiger partial charge in [0.05, 0.1) is 7.11 Å². The minimum atomic E-state index is -0.431. The average Bonchev–Trinajstić information content (AvgIpc) is 2.66. The zero-order valence-corrected chi connectivity index (χ0v) is 12.1. The number of carbonyl (C=O) groups excluding carboxylic acids is 1. The van der Waals surface area contributed by atoms with Crippen molar-refractivity contribution in [3.8, 4) is 0 Å². The maximum atomic E-state index is 11.4. The Morgan fingerprint density at radius 3 is 2.71 bits per heavy atom. The molecule has 0 radical (unpaired) electrons. The first kappa shape index (κ1) is 14.3. The van der Waals surface area contributed by atoms with Gasteiger partial charge in [-0.25, -0.2) is 9.78 Å². The van der Waals surface area contributed by atoms with E-state index in [9.17, 15) is 4.79 Å². The van der Waals surface area contributed by atoms with Crippen LogP contribution in [0.2, 0.25) is 5.15 Å². The maximum Gasteiger partial charge on any atom is 0.351 e. The smallest absolute Gasteiger partial charge is 0.351 e. The molecule has 0 atom stereocenters. The quantitative estimate of drug-likeness (QED) is 0.775. The van der Waals surface area contributed by atoms with Gasteiger partial charge in [0.15, 0.2) is 15.2 Å². The molecule has 0 aliphatic heterocycles. The van der Waals surface area contributed by atoms with Crippen LogP contribution in [0.5, 0.6) is 0 Å². The number of hydrogen-bond acceptors (Lipinski definition) is 5. The third-order valence-electron chi connectivity index (χ3n) is 2.18. The normalized spacial score (nSPS) is 10.7. The van der Waals surface area contributed by atoms with E-state index in [4.69, 9.17) is 11.6 Å². The van der Waals surface area contributed by atoms with E-state index in [1.807, 2.05) is 0 Å². The van der Waals surface area contributed by atoms with Gasteiger partial charge in [0.25, 0.3) is 0 Å². The van der Waals surface area contributed by atoms with E-state index in [2.05, 4.69) is 35.4 Å². The molecule has 0 bridgehead atoms. The number of aromatic nitrogens is 1. The molecular formula is C11H17ClN2O2S. The van der Waals surface area contributed by atoms with E-state index in [0.717, 1.165) is 18.2 Å². The summed E-state index contributed by atoms with van der Waals surface area (Å²) < 4.78 is 4.65. The molecule has 0 aromatic carbocycles. The number of nitrogens with zero attached hydrogens (tertiary/aromatic N) is 2. The molecule has 0 N–H and O–H groups in total. The Morgan fingerprint density at radius 1 is 1.59 bits per heavy atom. The predicted molar refractivity (Wildman–Crippen MR) is 71.2 cm³/mol. The van der Waals surface area contributed by atoms with Crippen LogP contribution in [0.3, 0.4) is 0 Å². The molecule has 0 aliphatic carbocycles. The van der Waals surface area contributed by atoms with Gasteiger partial charge in [-0.3, -0.25) is 0 Å². The Balaban J connectivity index is 2.94. The zero-order valence-electron chi connectivity index (χ0n) is 10.5. The van der Waals surface area contributed by atoms with E-state index in [-0.39, 0.29) is 5.15 Å². The molecule has 1 aromatic rings. The average molecular weight is 277 g/mol. The summed E-state index contributed by atoms with van der Waals surface area (Å²) in [5, 5.41) is 0.991. The van der Waals surface area contributed by atoms with Gasteiger partial charge in [-0.05, 0) is 12.8 Å². The van der Waals surface area contributed by atoms with Crippen molar-refractivity contribution in [1.29, 1.82) is 0 Å². The second-order valence-electron chi connectivity index (χ2n) is 4.04. The molecule has 1 aromatic heterocycles. The topological polar surface area (TPSA) is 42.4 Å². The second kappa shape index (κ2) is 6.21. The summed E-state index contributed by atoms with van der Waals surface area (Å²) >= 11 is 7.20. The van der Waals surface area contributed by atoms with Gasteiger partial charge in [0.1, 0.15) is 0 Å². The van der Waals surface area contributed by atoms with E-state index < -0.39 is 5.97 Å². The van der Waals surface area contributed by atoms with Crippen molar-refractivity contribution in [2.75, 3.05) is 25.1 Å². The Hall–Kier alpha value is -0.810. The fourth-order valence-electron chi connectivity index (χ4n) is 1.43. The second-order valence-corrected chi connectivity index (χ2v) is 5.38. The molecule has 0 amide bonds. The lowest BCUT2D eigenvalue weighted by molar-refractivity contribution is 0.0606. The monoisotopic (exact) mass is 276 g/mol. The molecule has 17 heavy (non-hydrogen) atoms. The number of carbonyl (C=O) groups is 1. The number of ether oxygens (including phenoxy) is 1. The standard InChI is InChI=1S/C11H17ClN2O2S/c1-5-14(6-7(2)3)11-13-9(12)8(17-11)10(15)16-4/h7H,5-6H2,1-4H3. The van der Waals surface area contributed by atoms with Gasteiger partial charge < -0.3 is 9.64 Å². The molecule has 6 heteroatoms. The molecule has 0 fully saturated rings. The Bertz CT molecular complexity index is 393. The van der Waals surface area contributed by atoms with Crippen molar-refractivity contribution in [1.82, 2.24) is 4.98 Å². The summed E-state index contributed by atoms with van der Waals surface area (Å²) in [6, 6.07) is 0. The molecule has 4 nitrogen and oxygen atoms in total. The maximum absolute atomic E-state index is 11.4. The zero-order chi connectivity index (χ0) is 13.0. The van der Waals surface area contributed by atoms with Crippen LogP contribution < -0.4 is 4.90 Å². The lowest BCUT2D eigenvalue weighted by atomic mass is 10.2. The van der Waals surface area contributed by atoms with Gasteiger partial charge in [-0.1, -0.05) is 36.8 Å². The van der Waals surface area contributed by atoms with Crippen LogP contribution >= 0.6 is 22.9 Å². The van der Waals surface area contributed by atoms with Crippen LogP contribution in [-0.4, -0.2) is 31.2 Å². The van der Waals surface area contributed by atoms with E-state index in [0.29, 0.717) is 10.8 Å². The largest absolute Gasteiger partial charge is 0.465 e. The highest BCUT2D eigenvalue weighted by Crippen LogP contribution is 2.30. The highest BCUT2D eigenvalue weighted by atomic mass is 35.5. The fraction of sp³-hybridized carbons (Fsp3) is 0.636. The molecule has 0 saturated heterocycles. The third kappa shape index (κ3) is 3.57. The van der Waals surface area contributed by atoms with E-state index >= 15 is 0 Å². The highest BCUT2D eigenvalue weighted by molar-refractivity contribution is 7.18. The fourth-order valence-corrected chi connectivity index (χ4v) is 2.70. The molecule has 0 spiro atoms.